The van der Waals surface area contributed by atoms with Gasteiger partial charge in [0.2, 0.25) is 17.7 Å². The topological polar surface area (TPSA) is 140 Å². The molecule has 304 valence electrons. The van der Waals surface area contributed by atoms with Gasteiger partial charge in [-0.15, -0.1) is 0 Å². The van der Waals surface area contributed by atoms with Crippen LogP contribution in [0.3, 0.4) is 0 Å². The van der Waals surface area contributed by atoms with Crippen LogP contribution in [0, 0.1) is 6.57 Å². The van der Waals surface area contributed by atoms with Gasteiger partial charge >= 0.3 is 0 Å². The fourth-order valence-corrected chi connectivity index (χ4v) is 10.0. The zero-order valence-corrected chi connectivity index (χ0v) is 33.9. The van der Waals surface area contributed by atoms with Gasteiger partial charge in [0.15, 0.2) is 11.5 Å². The first-order valence-corrected chi connectivity index (χ1v) is 20.9. The molecule has 3 saturated heterocycles. The third-order valence-electron chi connectivity index (χ3n) is 13.3. The SMILES string of the molecule is [C-]#[N+]c1ccc2c3c([nH]c2c1)C(C)(C)c1cc(N2CCC(N4CCN(C(=O)CCOc5ccc6c(c5)CN(C5CCC(=O)NC5=O)C6=O)CC4)CC2)c(CC)cc1C3=O. The molecule has 13 nitrogen and oxygen atoms in total. The minimum absolute atomic E-state index is 0.0423. The van der Waals surface area contributed by atoms with Crippen molar-refractivity contribution in [3.8, 4) is 5.75 Å². The van der Waals surface area contributed by atoms with Gasteiger partial charge < -0.3 is 24.4 Å². The van der Waals surface area contributed by atoms with Crippen LogP contribution in [0.5, 0.6) is 5.75 Å². The van der Waals surface area contributed by atoms with E-state index in [1.165, 1.54) is 16.2 Å². The molecule has 2 N–H and O–H groups in total. The summed E-state index contributed by atoms with van der Waals surface area (Å²) in [6.07, 6.45) is 3.65. The lowest BCUT2D eigenvalue weighted by Crippen LogP contribution is -2.54. The third-order valence-corrected chi connectivity index (χ3v) is 13.3. The number of amides is 4. The average molecular weight is 796 g/mol. The smallest absolute Gasteiger partial charge is 0.255 e. The number of nitrogens with one attached hydrogen (secondary N) is 2. The van der Waals surface area contributed by atoms with Crippen molar-refractivity contribution < 1.29 is 28.7 Å². The third kappa shape index (κ3) is 6.73. The summed E-state index contributed by atoms with van der Waals surface area (Å²) in [7, 11) is 0. The lowest BCUT2D eigenvalue weighted by Gasteiger charge is -2.44. The van der Waals surface area contributed by atoms with Crippen LogP contribution in [0.2, 0.25) is 0 Å². The van der Waals surface area contributed by atoms with Crippen LogP contribution >= 0.6 is 0 Å². The maximum atomic E-state index is 14.1. The quantitative estimate of drug-likeness (QED) is 0.176. The Bertz CT molecular complexity index is 2460. The number of H-pyrrole nitrogens is 1. The molecule has 4 aliphatic heterocycles. The number of nitrogens with zero attached hydrogens (tertiary/aromatic N) is 5. The maximum absolute atomic E-state index is 14.1. The lowest BCUT2D eigenvalue weighted by atomic mass is 9.70. The largest absolute Gasteiger partial charge is 0.493 e. The van der Waals surface area contributed by atoms with Gasteiger partial charge in [0, 0.05) is 97.1 Å². The molecule has 1 atom stereocenters. The number of hydrogen-bond acceptors (Lipinski definition) is 8. The number of piperidine rings is 2. The summed E-state index contributed by atoms with van der Waals surface area (Å²) < 4.78 is 5.96. The number of ether oxygens (including phenoxy) is 1. The number of hydrogen-bond donors (Lipinski definition) is 2. The van der Waals surface area contributed by atoms with Crippen LogP contribution < -0.4 is 15.0 Å². The molecule has 0 bridgehead atoms. The second-order valence-corrected chi connectivity index (χ2v) is 17.0. The van der Waals surface area contributed by atoms with Crippen LogP contribution in [-0.2, 0) is 32.8 Å². The molecule has 0 saturated carbocycles. The molecule has 5 heterocycles. The second kappa shape index (κ2) is 15.0. The number of aromatic amines is 1. The minimum Gasteiger partial charge on any atom is -0.493 e. The van der Waals surface area contributed by atoms with Crippen molar-refractivity contribution in [1.82, 2.24) is 25.0 Å². The van der Waals surface area contributed by atoms with Gasteiger partial charge in [-0.1, -0.05) is 32.9 Å². The van der Waals surface area contributed by atoms with E-state index < -0.39 is 17.4 Å². The highest BCUT2D eigenvalue weighted by atomic mass is 16.5. The Kier molecular flexibility index (Phi) is 9.78. The number of ketones is 1. The number of carbonyl (C=O) groups excluding carboxylic acids is 5. The summed E-state index contributed by atoms with van der Waals surface area (Å²) in [4.78, 5) is 79.9. The number of rotatable bonds is 8. The number of imide groups is 1. The van der Waals surface area contributed by atoms with Gasteiger partial charge in [-0.2, -0.15) is 0 Å². The predicted molar refractivity (Wildman–Crippen MR) is 222 cm³/mol. The molecular weight excluding hydrogens is 747 g/mol. The Morgan fingerprint density at radius 3 is 2.44 bits per heavy atom. The molecule has 5 aliphatic rings. The van der Waals surface area contributed by atoms with Gasteiger partial charge in [0.25, 0.3) is 5.91 Å². The van der Waals surface area contributed by atoms with Crippen molar-refractivity contribution in [3.05, 3.63) is 99.0 Å². The second-order valence-electron chi connectivity index (χ2n) is 17.0. The van der Waals surface area contributed by atoms with Gasteiger partial charge in [0.05, 0.1) is 25.2 Å². The Morgan fingerprint density at radius 1 is 0.932 bits per heavy atom. The number of aromatic nitrogens is 1. The predicted octanol–water partition coefficient (Wildman–Crippen LogP) is 5.49. The van der Waals surface area contributed by atoms with E-state index in [0.29, 0.717) is 42.6 Å². The van der Waals surface area contributed by atoms with E-state index >= 15 is 0 Å². The summed E-state index contributed by atoms with van der Waals surface area (Å²) in [6.45, 7) is 19.3. The number of benzene rings is 3. The fourth-order valence-electron chi connectivity index (χ4n) is 10.0. The summed E-state index contributed by atoms with van der Waals surface area (Å²) in [5, 5.41) is 3.20. The van der Waals surface area contributed by atoms with Crippen molar-refractivity contribution in [2.45, 2.75) is 83.3 Å². The van der Waals surface area contributed by atoms with E-state index in [4.69, 9.17) is 11.3 Å². The van der Waals surface area contributed by atoms with Crippen LogP contribution in [0.15, 0.2) is 48.5 Å². The van der Waals surface area contributed by atoms with Crippen molar-refractivity contribution >= 4 is 51.7 Å². The molecule has 0 spiro atoms. The lowest BCUT2D eigenvalue weighted by molar-refractivity contribution is -0.137. The Hall–Kier alpha value is -6.00. The number of fused-ring (bicyclic) bond motifs is 5. The maximum Gasteiger partial charge on any atom is 0.255 e. The van der Waals surface area contributed by atoms with E-state index in [-0.39, 0.29) is 49.5 Å². The molecule has 1 unspecified atom stereocenters. The van der Waals surface area contributed by atoms with Crippen LogP contribution in [0.1, 0.15) is 102 Å². The monoisotopic (exact) mass is 795 g/mol. The highest BCUT2D eigenvalue weighted by Crippen LogP contribution is 2.46. The molecule has 9 rings (SSSR count). The Morgan fingerprint density at radius 2 is 1.71 bits per heavy atom. The van der Waals surface area contributed by atoms with E-state index in [1.54, 1.807) is 24.3 Å². The summed E-state index contributed by atoms with van der Waals surface area (Å²) >= 11 is 0. The van der Waals surface area contributed by atoms with Gasteiger partial charge in [-0.3, -0.25) is 34.2 Å². The zero-order valence-electron chi connectivity index (χ0n) is 33.9. The molecule has 0 radical (unpaired) electrons. The molecule has 3 aromatic carbocycles. The van der Waals surface area contributed by atoms with Crippen molar-refractivity contribution in [1.29, 1.82) is 0 Å². The first kappa shape index (κ1) is 38.5. The molecular formula is C46H49N7O6. The molecule has 59 heavy (non-hydrogen) atoms. The molecule has 13 heteroatoms. The molecule has 1 aliphatic carbocycles. The number of anilines is 1. The average Bonchev–Trinajstić information content (AvgIpc) is 3.80. The summed E-state index contributed by atoms with van der Waals surface area (Å²) in [5.41, 5.74) is 8.07. The number of piperazine rings is 1. The first-order chi connectivity index (χ1) is 28.4. The van der Waals surface area contributed by atoms with E-state index in [9.17, 15) is 24.0 Å². The van der Waals surface area contributed by atoms with E-state index in [2.05, 4.69) is 57.8 Å². The van der Waals surface area contributed by atoms with Crippen molar-refractivity contribution in [2.75, 3.05) is 50.8 Å². The fraction of sp³-hybridized carbons (Fsp3) is 0.435. The van der Waals surface area contributed by atoms with Crippen LogP contribution in [0.25, 0.3) is 15.7 Å². The van der Waals surface area contributed by atoms with Gasteiger partial charge in [-0.05, 0) is 78.8 Å². The van der Waals surface area contributed by atoms with Crippen molar-refractivity contribution in [3.63, 3.8) is 0 Å². The normalized spacial score (nSPS) is 20.6. The highest BCUT2D eigenvalue weighted by Gasteiger charge is 2.42. The van der Waals surface area contributed by atoms with Crippen LogP contribution in [-0.4, -0.2) is 107 Å². The summed E-state index contributed by atoms with van der Waals surface area (Å²) in [6, 6.07) is 14.9. The Balaban J connectivity index is 0.773. The molecule has 3 fully saturated rings. The van der Waals surface area contributed by atoms with Gasteiger partial charge in [-0.25, -0.2) is 4.85 Å². The van der Waals surface area contributed by atoms with Crippen molar-refractivity contribution in [2.24, 2.45) is 0 Å². The van der Waals surface area contributed by atoms with E-state index in [1.807, 2.05) is 17.0 Å². The molecule has 1 aromatic heterocycles. The molecule has 4 aromatic rings. The minimum atomic E-state index is -0.668. The van der Waals surface area contributed by atoms with E-state index in [0.717, 1.165) is 84.3 Å². The first-order valence-electron chi connectivity index (χ1n) is 20.9. The van der Waals surface area contributed by atoms with Gasteiger partial charge in [0.1, 0.15) is 11.8 Å². The van der Waals surface area contributed by atoms with Crippen LogP contribution in [0.4, 0.5) is 11.4 Å². The highest BCUT2D eigenvalue weighted by molar-refractivity contribution is 6.20. The Labute approximate surface area is 343 Å². The summed E-state index contributed by atoms with van der Waals surface area (Å²) in [5.74, 6) is -0.305. The zero-order chi connectivity index (χ0) is 41.2. The standard InChI is InChI=1S/C46H49N7O6/c1-5-27-23-34-35(46(2,3)43-41(42(34)56)33-8-6-29(47-4)24-36(33)48-43)25-38(27)51-15-12-30(13-16-51)50-17-19-52(20-18-50)40(55)14-21-59-31-7-9-32-28(22-31)26-53(45(32)58)37-10-11-39(54)49-44(37)57/h6-9,22-25,30,37,48H,5,10-21,26H2,1-3H3,(H,49,54,57). The number of carbonyl (C=O) groups is 5. The number of aryl methyl sites for hydroxylation is 1. The molecule has 4 amide bonds.